The zero-order chi connectivity index (χ0) is 19.3. The number of amides is 2. The first kappa shape index (κ1) is 21.0. The van der Waals surface area contributed by atoms with Gasteiger partial charge in [-0.15, -0.1) is 0 Å². The van der Waals surface area contributed by atoms with Crippen LogP contribution in [-0.4, -0.2) is 31.5 Å². The van der Waals surface area contributed by atoms with Gasteiger partial charge in [-0.2, -0.15) is 0 Å². The SMILES string of the molecule is Cc1ccc(OCC(=O)NCCNC(=O)C(C)(C)C)c(C(C)(C)C)c1. The van der Waals surface area contributed by atoms with Crippen LogP contribution in [0, 0.1) is 12.3 Å². The molecule has 0 saturated heterocycles. The number of carbonyl (C=O) groups is 2. The van der Waals surface area contributed by atoms with Gasteiger partial charge in [0, 0.05) is 18.5 Å². The third-order valence-electron chi connectivity index (χ3n) is 3.72. The van der Waals surface area contributed by atoms with Crippen LogP contribution < -0.4 is 15.4 Å². The van der Waals surface area contributed by atoms with Gasteiger partial charge in [-0.25, -0.2) is 0 Å². The Morgan fingerprint density at radius 1 is 1.00 bits per heavy atom. The van der Waals surface area contributed by atoms with Gasteiger partial charge < -0.3 is 15.4 Å². The predicted molar refractivity (Wildman–Crippen MR) is 101 cm³/mol. The Labute approximate surface area is 151 Å². The minimum Gasteiger partial charge on any atom is -0.483 e. The quantitative estimate of drug-likeness (QED) is 0.777. The van der Waals surface area contributed by atoms with Crippen molar-refractivity contribution in [1.29, 1.82) is 0 Å². The summed E-state index contributed by atoms with van der Waals surface area (Å²) in [6.07, 6.45) is 0. The van der Waals surface area contributed by atoms with E-state index in [0.717, 1.165) is 16.9 Å². The van der Waals surface area contributed by atoms with Gasteiger partial charge in [0.05, 0.1) is 0 Å². The van der Waals surface area contributed by atoms with E-state index in [1.165, 1.54) is 0 Å². The first-order valence-corrected chi connectivity index (χ1v) is 8.70. The van der Waals surface area contributed by atoms with E-state index >= 15 is 0 Å². The predicted octanol–water partition coefficient (Wildman–Crippen LogP) is 2.95. The normalized spacial score (nSPS) is 11.8. The molecule has 0 bridgehead atoms. The fourth-order valence-electron chi connectivity index (χ4n) is 2.19. The minimum absolute atomic E-state index is 0.0347. The molecule has 0 aliphatic heterocycles. The zero-order valence-electron chi connectivity index (χ0n) is 16.6. The molecule has 1 rings (SSSR count). The van der Waals surface area contributed by atoms with Crippen LogP contribution in [0.2, 0.25) is 0 Å². The van der Waals surface area contributed by atoms with Crippen molar-refractivity contribution in [2.75, 3.05) is 19.7 Å². The van der Waals surface area contributed by atoms with Gasteiger partial charge in [0.15, 0.2) is 6.61 Å². The molecule has 0 atom stereocenters. The molecule has 5 heteroatoms. The van der Waals surface area contributed by atoms with Crippen LogP contribution in [0.5, 0.6) is 5.75 Å². The molecule has 2 amide bonds. The average Bonchev–Trinajstić information content (AvgIpc) is 2.48. The zero-order valence-corrected chi connectivity index (χ0v) is 16.6. The van der Waals surface area contributed by atoms with Crippen LogP contribution in [0.3, 0.4) is 0 Å². The summed E-state index contributed by atoms with van der Waals surface area (Å²) < 4.78 is 5.71. The van der Waals surface area contributed by atoms with Gasteiger partial charge in [-0.05, 0) is 24.0 Å². The Morgan fingerprint density at radius 3 is 2.16 bits per heavy atom. The summed E-state index contributed by atoms with van der Waals surface area (Å²) in [6.45, 7) is 14.7. The van der Waals surface area contributed by atoms with E-state index in [4.69, 9.17) is 4.74 Å². The van der Waals surface area contributed by atoms with E-state index < -0.39 is 5.41 Å². The smallest absolute Gasteiger partial charge is 0.258 e. The van der Waals surface area contributed by atoms with Crippen molar-refractivity contribution in [1.82, 2.24) is 10.6 Å². The van der Waals surface area contributed by atoms with Crippen LogP contribution in [0.25, 0.3) is 0 Å². The molecule has 2 N–H and O–H groups in total. The number of rotatable bonds is 6. The highest BCUT2D eigenvalue weighted by molar-refractivity contribution is 5.81. The van der Waals surface area contributed by atoms with Gasteiger partial charge in [0.2, 0.25) is 5.91 Å². The molecule has 0 radical (unpaired) electrons. The second-order valence-electron chi connectivity index (χ2n) is 8.39. The Hall–Kier alpha value is -2.04. The topological polar surface area (TPSA) is 67.4 Å². The Bertz CT molecular complexity index is 610. The van der Waals surface area contributed by atoms with Gasteiger partial charge in [-0.1, -0.05) is 59.2 Å². The summed E-state index contributed by atoms with van der Waals surface area (Å²) >= 11 is 0. The van der Waals surface area contributed by atoms with Crippen molar-refractivity contribution in [3.05, 3.63) is 29.3 Å². The monoisotopic (exact) mass is 348 g/mol. The summed E-state index contributed by atoms with van der Waals surface area (Å²) in [6, 6.07) is 5.98. The molecule has 0 aliphatic carbocycles. The molecule has 0 spiro atoms. The number of carbonyl (C=O) groups excluding carboxylic acids is 2. The molecule has 0 aliphatic rings. The lowest BCUT2D eigenvalue weighted by Crippen LogP contribution is -2.40. The highest BCUT2D eigenvalue weighted by Gasteiger charge is 2.21. The number of nitrogens with one attached hydrogen (secondary N) is 2. The van der Waals surface area contributed by atoms with E-state index in [1.807, 2.05) is 39.8 Å². The van der Waals surface area contributed by atoms with Crippen molar-refractivity contribution in [3.8, 4) is 5.75 Å². The minimum atomic E-state index is -0.429. The Kier molecular flexibility index (Phi) is 7.03. The van der Waals surface area contributed by atoms with E-state index in [1.54, 1.807) is 0 Å². The molecule has 1 aromatic rings. The number of hydrogen-bond acceptors (Lipinski definition) is 3. The fraction of sp³-hybridized carbons (Fsp3) is 0.600. The Balaban J connectivity index is 2.46. The van der Waals surface area contributed by atoms with Crippen molar-refractivity contribution in [2.24, 2.45) is 5.41 Å². The maximum Gasteiger partial charge on any atom is 0.258 e. The maximum atomic E-state index is 11.9. The van der Waals surface area contributed by atoms with Crippen LogP contribution >= 0.6 is 0 Å². The molecule has 1 aromatic carbocycles. The molecule has 0 unspecified atom stereocenters. The summed E-state index contributed by atoms with van der Waals surface area (Å²) in [5, 5.41) is 5.54. The lowest BCUT2D eigenvalue weighted by molar-refractivity contribution is -0.128. The van der Waals surface area contributed by atoms with Crippen molar-refractivity contribution < 1.29 is 14.3 Å². The van der Waals surface area contributed by atoms with Crippen LogP contribution in [0.15, 0.2) is 18.2 Å². The molecule has 25 heavy (non-hydrogen) atoms. The third kappa shape index (κ3) is 7.16. The second-order valence-corrected chi connectivity index (χ2v) is 8.39. The molecule has 0 saturated carbocycles. The van der Waals surface area contributed by atoms with Gasteiger partial charge in [0.1, 0.15) is 5.75 Å². The number of hydrogen-bond donors (Lipinski definition) is 2. The first-order valence-electron chi connectivity index (χ1n) is 8.70. The first-order chi connectivity index (χ1) is 11.4. The van der Waals surface area contributed by atoms with E-state index in [-0.39, 0.29) is 23.8 Å². The Morgan fingerprint density at radius 2 is 1.60 bits per heavy atom. The average molecular weight is 348 g/mol. The van der Waals surface area contributed by atoms with Gasteiger partial charge >= 0.3 is 0 Å². The summed E-state index contributed by atoms with van der Waals surface area (Å²) in [7, 11) is 0. The molecule has 0 fully saturated rings. The molecule has 5 nitrogen and oxygen atoms in total. The summed E-state index contributed by atoms with van der Waals surface area (Å²) in [5.41, 5.74) is 1.76. The maximum absolute atomic E-state index is 11.9. The molecular weight excluding hydrogens is 316 g/mol. The van der Waals surface area contributed by atoms with E-state index in [9.17, 15) is 9.59 Å². The highest BCUT2D eigenvalue weighted by Crippen LogP contribution is 2.32. The molecular formula is C20H32N2O3. The number of ether oxygens (including phenoxy) is 1. The van der Waals surface area contributed by atoms with Gasteiger partial charge in [-0.3, -0.25) is 9.59 Å². The van der Waals surface area contributed by atoms with Crippen LogP contribution in [0.4, 0.5) is 0 Å². The van der Waals surface area contributed by atoms with Gasteiger partial charge in [0.25, 0.3) is 5.91 Å². The fourth-order valence-corrected chi connectivity index (χ4v) is 2.19. The molecule has 0 heterocycles. The van der Waals surface area contributed by atoms with E-state index in [0.29, 0.717) is 13.1 Å². The number of benzene rings is 1. The van der Waals surface area contributed by atoms with Crippen molar-refractivity contribution >= 4 is 11.8 Å². The largest absolute Gasteiger partial charge is 0.483 e. The number of aryl methyl sites for hydroxylation is 1. The highest BCUT2D eigenvalue weighted by atomic mass is 16.5. The van der Waals surface area contributed by atoms with Crippen molar-refractivity contribution in [2.45, 2.75) is 53.9 Å². The lowest BCUT2D eigenvalue weighted by Gasteiger charge is -2.23. The van der Waals surface area contributed by atoms with Crippen molar-refractivity contribution in [3.63, 3.8) is 0 Å². The summed E-state index contributed by atoms with van der Waals surface area (Å²) in [4.78, 5) is 23.7. The lowest BCUT2D eigenvalue weighted by atomic mass is 9.85. The van der Waals surface area contributed by atoms with E-state index in [2.05, 4.69) is 37.5 Å². The third-order valence-corrected chi connectivity index (χ3v) is 3.72. The molecule has 0 aromatic heterocycles. The second kappa shape index (κ2) is 8.37. The standard InChI is InChI=1S/C20H32N2O3/c1-14-8-9-16(15(12-14)19(2,3)4)25-13-17(23)21-10-11-22-18(24)20(5,6)7/h8-9,12H,10-11,13H2,1-7H3,(H,21,23)(H,22,24). The molecule has 140 valence electrons. The van der Waals surface area contributed by atoms with Crippen LogP contribution in [0.1, 0.15) is 52.7 Å². The van der Waals surface area contributed by atoms with Crippen LogP contribution in [-0.2, 0) is 15.0 Å². The summed E-state index contributed by atoms with van der Waals surface area (Å²) in [5.74, 6) is 0.493.